The van der Waals surface area contributed by atoms with Crippen LogP contribution in [0.2, 0.25) is 0 Å². The highest BCUT2D eigenvalue weighted by molar-refractivity contribution is 6.12. The number of unbranched alkanes of at least 4 members (excludes halogenated alkanes) is 2. The van der Waals surface area contributed by atoms with E-state index in [1.165, 1.54) is 30.3 Å². The number of halogens is 6. The van der Waals surface area contributed by atoms with Gasteiger partial charge in [-0.1, -0.05) is 25.5 Å². The predicted octanol–water partition coefficient (Wildman–Crippen LogP) is 6.68. The molecule has 2 heterocycles. The van der Waals surface area contributed by atoms with Crippen molar-refractivity contribution in [3.8, 4) is 11.5 Å². The van der Waals surface area contributed by atoms with Crippen LogP contribution in [0.15, 0.2) is 51.7 Å². The van der Waals surface area contributed by atoms with Crippen LogP contribution in [-0.4, -0.2) is 42.9 Å². The number of amides is 3. The lowest BCUT2D eigenvalue weighted by molar-refractivity contribution is -0.274. The van der Waals surface area contributed by atoms with E-state index in [2.05, 4.69) is 4.74 Å². The van der Waals surface area contributed by atoms with E-state index >= 15 is 0 Å². The summed E-state index contributed by atoms with van der Waals surface area (Å²) in [7, 11) is 0. The number of alkyl halides is 6. The number of para-hydroxylation sites is 2. The van der Waals surface area contributed by atoms with Gasteiger partial charge in [-0.25, -0.2) is 9.59 Å². The Bertz CT molecular complexity index is 1520. The Kier molecular flexibility index (Phi) is 9.02. The van der Waals surface area contributed by atoms with Gasteiger partial charge in [0.15, 0.2) is 5.75 Å². The fraction of sp³-hybridized carbons (Fsp3) is 0.393. The van der Waals surface area contributed by atoms with Crippen molar-refractivity contribution in [2.24, 2.45) is 0 Å². The standard InChI is InChI=1S/C28H26F6N2O6/c1-2-8-18-21(12-11-17-19(27(29,30)31)15-24(38)41-25(17)18)40-14-7-3-6-13-35-23(37)16-36(26(35)39)20-9-4-5-10-22(20)42-28(32,33)34/h4-5,9-12,15H,2-3,6-8,13-14,16H2,1H3. The summed E-state index contributed by atoms with van der Waals surface area (Å²) in [6, 6.07) is 7.28. The summed E-state index contributed by atoms with van der Waals surface area (Å²) in [5, 5.41) is -0.237. The Morgan fingerprint density at radius 1 is 0.929 bits per heavy atom. The van der Waals surface area contributed by atoms with Gasteiger partial charge in [0, 0.05) is 23.6 Å². The molecule has 8 nitrogen and oxygen atoms in total. The van der Waals surface area contributed by atoms with Crippen molar-refractivity contribution in [3.05, 3.63) is 64.0 Å². The van der Waals surface area contributed by atoms with Crippen LogP contribution in [0.4, 0.5) is 36.8 Å². The van der Waals surface area contributed by atoms with Crippen molar-refractivity contribution < 1.29 is 49.8 Å². The van der Waals surface area contributed by atoms with Crippen molar-refractivity contribution in [1.82, 2.24) is 4.90 Å². The average molecular weight is 601 g/mol. The maximum absolute atomic E-state index is 13.5. The number of aryl methyl sites for hydroxylation is 1. The van der Waals surface area contributed by atoms with Crippen LogP contribution in [0.25, 0.3) is 11.0 Å². The Labute approximate surface area is 235 Å². The van der Waals surface area contributed by atoms with Gasteiger partial charge in [-0.2, -0.15) is 13.2 Å². The number of nitrogens with zero attached hydrogens (tertiary/aromatic N) is 2. The van der Waals surface area contributed by atoms with E-state index in [9.17, 15) is 40.7 Å². The van der Waals surface area contributed by atoms with Crippen LogP contribution in [0, 0.1) is 0 Å². The lowest BCUT2D eigenvalue weighted by Crippen LogP contribution is -2.34. The monoisotopic (exact) mass is 600 g/mol. The Hall–Kier alpha value is -4.23. The third-order valence-electron chi connectivity index (χ3n) is 6.50. The molecule has 226 valence electrons. The zero-order valence-corrected chi connectivity index (χ0v) is 22.3. The van der Waals surface area contributed by atoms with Gasteiger partial charge in [0.2, 0.25) is 0 Å². The molecule has 14 heteroatoms. The van der Waals surface area contributed by atoms with Gasteiger partial charge in [-0.05, 0) is 49.9 Å². The van der Waals surface area contributed by atoms with Crippen molar-refractivity contribution in [3.63, 3.8) is 0 Å². The summed E-state index contributed by atoms with van der Waals surface area (Å²) in [6.45, 7) is 1.56. The van der Waals surface area contributed by atoms with E-state index < -0.39 is 48.0 Å². The molecule has 0 saturated carbocycles. The number of fused-ring (bicyclic) bond motifs is 1. The van der Waals surface area contributed by atoms with Crippen LogP contribution >= 0.6 is 0 Å². The first-order valence-electron chi connectivity index (χ1n) is 13.1. The molecule has 0 radical (unpaired) electrons. The van der Waals surface area contributed by atoms with Crippen LogP contribution in [-0.2, 0) is 17.4 Å². The lowest BCUT2D eigenvalue weighted by Gasteiger charge is -2.20. The quantitative estimate of drug-likeness (QED) is 0.106. The third-order valence-corrected chi connectivity index (χ3v) is 6.50. The van der Waals surface area contributed by atoms with Crippen LogP contribution in [0.3, 0.4) is 0 Å². The third kappa shape index (κ3) is 6.97. The lowest BCUT2D eigenvalue weighted by atomic mass is 10.0. The highest BCUT2D eigenvalue weighted by atomic mass is 19.4. The molecule has 0 bridgehead atoms. The molecular formula is C28H26F6N2O6. The molecule has 42 heavy (non-hydrogen) atoms. The number of imide groups is 1. The van der Waals surface area contributed by atoms with E-state index in [1.54, 1.807) is 0 Å². The summed E-state index contributed by atoms with van der Waals surface area (Å²) < 4.78 is 93.7. The van der Waals surface area contributed by atoms with E-state index in [0.29, 0.717) is 43.7 Å². The second kappa shape index (κ2) is 12.3. The van der Waals surface area contributed by atoms with Crippen LogP contribution < -0.4 is 20.0 Å². The fourth-order valence-corrected chi connectivity index (χ4v) is 4.69. The maximum Gasteiger partial charge on any atom is 0.573 e. The number of carbonyl (C=O) groups excluding carboxylic acids is 2. The van der Waals surface area contributed by atoms with Crippen molar-refractivity contribution >= 4 is 28.6 Å². The summed E-state index contributed by atoms with van der Waals surface area (Å²) in [6.07, 6.45) is -7.53. The maximum atomic E-state index is 13.5. The minimum atomic E-state index is -4.98. The van der Waals surface area contributed by atoms with Gasteiger partial charge in [0.05, 0.1) is 17.9 Å². The molecule has 1 aliphatic heterocycles. The molecule has 0 spiro atoms. The van der Waals surface area contributed by atoms with E-state index in [4.69, 9.17) is 9.15 Å². The van der Waals surface area contributed by atoms with E-state index in [0.717, 1.165) is 15.9 Å². The molecule has 4 rings (SSSR count). The average Bonchev–Trinajstić information content (AvgIpc) is 3.18. The number of ether oxygens (including phenoxy) is 2. The molecule has 2 aromatic carbocycles. The highest BCUT2D eigenvalue weighted by Crippen LogP contribution is 2.38. The van der Waals surface area contributed by atoms with Crippen LogP contribution in [0.1, 0.15) is 43.7 Å². The first-order chi connectivity index (χ1) is 19.8. The molecule has 0 N–H and O–H groups in total. The summed E-state index contributed by atoms with van der Waals surface area (Å²) >= 11 is 0. The fourth-order valence-electron chi connectivity index (χ4n) is 4.69. The summed E-state index contributed by atoms with van der Waals surface area (Å²) in [5.74, 6) is -0.888. The Balaban J connectivity index is 1.35. The van der Waals surface area contributed by atoms with Gasteiger partial charge in [0.1, 0.15) is 17.9 Å². The SMILES string of the molecule is CCCc1c(OCCCCCN2C(=O)CN(c3ccccc3OC(F)(F)F)C2=O)ccc2c(C(F)(F)F)cc(=O)oc12. The minimum Gasteiger partial charge on any atom is -0.493 e. The number of rotatable bonds is 11. The highest BCUT2D eigenvalue weighted by Gasteiger charge is 2.40. The second-order valence-electron chi connectivity index (χ2n) is 9.48. The predicted molar refractivity (Wildman–Crippen MR) is 138 cm³/mol. The zero-order valence-electron chi connectivity index (χ0n) is 22.3. The Morgan fingerprint density at radius 2 is 1.67 bits per heavy atom. The number of hydrogen-bond donors (Lipinski definition) is 0. The van der Waals surface area contributed by atoms with Crippen molar-refractivity contribution in [2.45, 2.75) is 51.6 Å². The summed E-state index contributed by atoms with van der Waals surface area (Å²) in [5.41, 5.74) is -2.21. The molecule has 3 aromatic rings. The summed E-state index contributed by atoms with van der Waals surface area (Å²) in [4.78, 5) is 39.0. The minimum absolute atomic E-state index is 0.0267. The molecule has 0 aliphatic carbocycles. The number of anilines is 1. The number of benzene rings is 2. The van der Waals surface area contributed by atoms with Gasteiger partial charge < -0.3 is 13.9 Å². The van der Waals surface area contributed by atoms with Gasteiger partial charge in [-0.15, -0.1) is 13.2 Å². The van der Waals surface area contributed by atoms with Gasteiger partial charge in [0.25, 0.3) is 5.91 Å². The molecule has 1 aromatic heterocycles. The zero-order chi connectivity index (χ0) is 30.7. The second-order valence-corrected chi connectivity index (χ2v) is 9.48. The smallest absolute Gasteiger partial charge is 0.493 e. The molecule has 1 saturated heterocycles. The van der Waals surface area contributed by atoms with Crippen molar-refractivity contribution in [1.29, 1.82) is 0 Å². The van der Waals surface area contributed by atoms with Crippen LogP contribution in [0.5, 0.6) is 11.5 Å². The molecule has 1 aliphatic rings. The van der Waals surface area contributed by atoms with Crippen molar-refractivity contribution in [2.75, 3.05) is 24.6 Å². The largest absolute Gasteiger partial charge is 0.573 e. The van der Waals surface area contributed by atoms with Gasteiger partial charge in [-0.3, -0.25) is 14.6 Å². The molecule has 3 amide bonds. The van der Waals surface area contributed by atoms with E-state index in [1.807, 2.05) is 6.92 Å². The molecular weight excluding hydrogens is 574 g/mol. The number of carbonyl (C=O) groups is 2. The first kappa shape index (κ1) is 30.7. The topological polar surface area (TPSA) is 89.3 Å². The van der Waals surface area contributed by atoms with E-state index in [-0.39, 0.29) is 35.6 Å². The molecule has 0 atom stereocenters. The Morgan fingerprint density at radius 3 is 2.36 bits per heavy atom. The number of hydrogen-bond acceptors (Lipinski definition) is 6. The normalized spacial score (nSPS) is 14.3. The molecule has 1 fully saturated rings. The van der Waals surface area contributed by atoms with Gasteiger partial charge >= 0.3 is 24.2 Å². The number of urea groups is 1. The first-order valence-corrected chi connectivity index (χ1v) is 13.1. The molecule has 0 unspecified atom stereocenters.